The number of carbonyl (C=O) groups is 1. The molecule has 6 heteroatoms. The summed E-state index contributed by atoms with van der Waals surface area (Å²) in [6.45, 7) is 16.5. The molecule has 3 rings (SSSR count). The van der Waals surface area contributed by atoms with Gasteiger partial charge < -0.3 is 21.1 Å². The number of benzene rings is 2. The van der Waals surface area contributed by atoms with E-state index in [1.807, 2.05) is 36.4 Å². The maximum atomic E-state index is 12.8. The van der Waals surface area contributed by atoms with Crippen molar-refractivity contribution in [1.29, 1.82) is 0 Å². The van der Waals surface area contributed by atoms with Crippen LogP contribution in [0.25, 0.3) is 0 Å². The largest absolute Gasteiger partial charge is 0.508 e. The smallest absolute Gasteiger partial charge is 0.251 e. The molecule has 0 unspecified atom stereocenters. The van der Waals surface area contributed by atoms with Crippen LogP contribution in [0.2, 0.25) is 0 Å². The Morgan fingerprint density at radius 3 is 2.19 bits per heavy atom. The van der Waals surface area contributed by atoms with Gasteiger partial charge in [0.05, 0.1) is 0 Å². The highest BCUT2D eigenvalue weighted by Crippen LogP contribution is 2.30. The Kier molecular flexibility index (Phi) is 9.42. The SMILES string of the molecule is CCCN(CCC)Cc1cc(CNC(=O)c2ccc(NC3CC(C)(C)NC(C)(C)C3)cc2)ccc1O. The number of anilines is 1. The van der Waals surface area contributed by atoms with Gasteiger partial charge in [0.25, 0.3) is 5.91 Å². The van der Waals surface area contributed by atoms with Crippen LogP contribution in [0.4, 0.5) is 5.69 Å². The highest BCUT2D eigenvalue weighted by molar-refractivity contribution is 5.94. The molecule has 0 saturated carbocycles. The Labute approximate surface area is 217 Å². The first-order valence-electron chi connectivity index (χ1n) is 13.5. The zero-order valence-electron chi connectivity index (χ0n) is 23.1. The van der Waals surface area contributed by atoms with E-state index < -0.39 is 0 Å². The minimum Gasteiger partial charge on any atom is -0.508 e. The average Bonchev–Trinajstić information content (AvgIpc) is 2.78. The average molecular weight is 495 g/mol. The number of carbonyl (C=O) groups excluding carboxylic acids is 1. The fraction of sp³-hybridized carbons (Fsp3) is 0.567. The van der Waals surface area contributed by atoms with Gasteiger partial charge in [-0.1, -0.05) is 19.9 Å². The second-order valence-corrected chi connectivity index (χ2v) is 11.6. The van der Waals surface area contributed by atoms with E-state index in [4.69, 9.17) is 0 Å². The predicted octanol–water partition coefficient (Wildman–Crippen LogP) is 5.67. The number of hydrogen-bond donors (Lipinski definition) is 4. The van der Waals surface area contributed by atoms with Crippen LogP contribution < -0.4 is 16.0 Å². The van der Waals surface area contributed by atoms with Crippen molar-refractivity contribution in [3.63, 3.8) is 0 Å². The molecule has 0 aliphatic carbocycles. The van der Waals surface area contributed by atoms with Gasteiger partial charge in [0.2, 0.25) is 0 Å². The van der Waals surface area contributed by atoms with Gasteiger partial charge in [-0.25, -0.2) is 0 Å². The Morgan fingerprint density at radius 2 is 1.61 bits per heavy atom. The monoisotopic (exact) mass is 494 g/mol. The summed E-state index contributed by atoms with van der Waals surface area (Å²) in [5.74, 6) is 0.213. The topological polar surface area (TPSA) is 76.6 Å². The summed E-state index contributed by atoms with van der Waals surface area (Å²) in [5.41, 5.74) is 3.73. The quantitative estimate of drug-likeness (QED) is 0.324. The molecule has 1 aliphatic rings. The van der Waals surface area contributed by atoms with Crippen molar-refractivity contribution < 1.29 is 9.90 Å². The van der Waals surface area contributed by atoms with E-state index in [0.29, 0.717) is 23.9 Å². The Hall–Kier alpha value is -2.57. The van der Waals surface area contributed by atoms with E-state index in [1.54, 1.807) is 6.07 Å². The van der Waals surface area contributed by atoms with Gasteiger partial charge >= 0.3 is 0 Å². The third-order valence-corrected chi connectivity index (χ3v) is 6.78. The van der Waals surface area contributed by atoms with E-state index in [2.05, 4.69) is 62.4 Å². The lowest BCUT2D eigenvalue weighted by atomic mass is 9.79. The molecule has 2 aromatic carbocycles. The summed E-state index contributed by atoms with van der Waals surface area (Å²) in [5, 5.41) is 20.8. The van der Waals surface area contributed by atoms with E-state index in [1.165, 1.54) is 0 Å². The maximum absolute atomic E-state index is 12.8. The van der Waals surface area contributed by atoms with Crippen LogP contribution >= 0.6 is 0 Å². The zero-order valence-corrected chi connectivity index (χ0v) is 23.1. The minimum absolute atomic E-state index is 0.0810. The van der Waals surface area contributed by atoms with Gasteiger partial charge in [-0.05, 0) is 108 Å². The van der Waals surface area contributed by atoms with E-state index >= 15 is 0 Å². The Bertz CT molecular complexity index is 979. The highest BCUT2D eigenvalue weighted by Gasteiger charge is 2.37. The normalized spacial score (nSPS) is 17.2. The number of nitrogens with zero attached hydrogens (tertiary/aromatic N) is 1. The lowest BCUT2D eigenvalue weighted by Gasteiger charge is -2.47. The lowest BCUT2D eigenvalue weighted by molar-refractivity contribution is 0.0951. The maximum Gasteiger partial charge on any atom is 0.251 e. The minimum atomic E-state index is -0.0982. The number of phenolic OH excluding ortho intramolecular Hbond substituents is 1. The summed E-state index contributed by atoms with van der Waals surface area (Å²) in [4.78, 5) is 15.2. The van der Waals surface area contributed by atoms with Crippen LogP contribution in [0, 0.1) is 0 Å². The molecule has 1 fully saturated rings. The summed E-state index contributed by atoms with van der Waals surface area (Å²) in [7, 11) is 0. The molecule has 0 aromatic heterocycles. The molecule has 0 radical (unpaired) electrons. The van der Waals surface area contributed by atoms with Gasteiger partial charge in [0, 0.05) is 47.0 Å². The zero-order chi connectivity index (χ0) is 26.3. The number of nitrogens with one attached hydrogen (secondary N) is 3. The van der Waals surface area contributed by atoms with Crippen molar-refractivity contribution in [3.05, 3.63) is 59.2 Å². The lowest BCUT2D eigenvalue weighted by Crippen LogP contribution is -2.60. The Balaban J connectivity index is 1.57. The number of hydrogen-bond acceptors (Lipinski definition) is 5. The van der Waals surface area contributed by atoms with Crippen molar-refractivity contribution in [2.75, 3.05) is 18.4 Å². The summed E-state index contributed by atoms with van der Waals surface area (Å²) in [6, 6.07) is 13.7. The van der Waals surface area contributed by atoms with Crippen LogP contribution in [0.3, 0.4) is 0 Å². The second kappa shape index (κ2) is 12.1. The predicted molar refractivity (Wildman–Crippen MR) is 150 cm³/mol. The standard InChI is InChI=1S/C30H46N4O2/c1-7-15-34(16-8-2)21-24-17-22(9-14-27(24)35)20-31-28(36)23-10-12-25(13-11-23)32-26-18-29(3,4)33-30(5,6)19-26/h9-14,17,26,32-33,35H,7-8,15-16,18-21H2,1-6H3,(H,31,36). The van der Waals surface area contributed by atoms with Gasteiger partial charge in [0.1, 0.15) is 5.75 Å². The molecule has 2 aromatic rings. The number of aromatic hydroxyl groups is 1. The number of rotatable bonds is 11. The molecule has 0 bridgehead atoms. The van der Waals surface area contributed by atoms with E-state index in [-0.39, 0.29) is 17.0 Å². The first-order valence-corrected chi connectivity index (χ1v) is 13.5. The van der Waals surface area contributed by atoms with Gasteiger partial charge in [-0.3, -0.25) is 9.69 Å². The Morgan fingerprint density at radius 1 is 1.00 bits per heavy atom. The number of piperidine rings is 1. The molecule has 6 nitrogen and oxygen atoms in total. The third-order valence-electron chi connectivity index (χ3n) is 6.78. The van der Waals surface area contributed by atoms with Crippen molar-refractivity contribution in [3.8, 4) is 5.75 Å². The van der Waals surface area contributed by atoms with Crippen molar-refractivity contribution >= 4 is 11.6 Å². The van der Waals surface area contributed by atoms with Gasteiger partial charge in [-0.2, -0.15) is 0 Å². The van der Waals surface area contributed by atoms with Crippen LogP contribution in [0.5, 0.6) is 5.75 Å². The molecule has 1 amide bonds. The van der Waals surface area contributed by atoms with E-state index in [0.717, 1.165) is 62.1 Å². The summed E-state index contributed by atoms with van der Waals surface area (Å²) in [6.07, 6.45) is 4.25. The molecular formula is C30H46N4O2. The van der Waals surface area contributed by atoms with Crippen LogP contribution in [-0.2, 0) is 13.1 Å². The van der Waals surface area contributed by atoms with Crippen LogP contribution in [0.1, 0.15) is 88.7 Å². The van der Waals surface area contributed by atoms with Gasteiger partial charge in [-0.15, -0.1) is 0 Å². The molecule has 1 aliphatic heterocycles. The number of phenols is 1. The van der Waals surface area contributed by atoms with Crippen molar-refractivity contribution in [2.24, 2.45) is 0 Å². The molecule has 0 atom stereocenters. The fourth-order valence-electron chi connectivity index (χ4n) is 5.68. The highest BCUT2D eigenvalue weighted by atomic mass is 16.3. The van der Waals surface area contributed by atoms with Gasteiger partial charge in [0.15, 0.2) is 0 Å². The first-order chi connectivity index (χ1) is 17.0. The molecule has 1 heterocycles. The summed E-state index contributed by atoms with van der Waals surface area (Å²) < 4.78 is 0. The summed E-state index contributed by atoms with van der Waals surface area (Å²) >= 11 is 0. The van der Waals surface area contributed by atoms with Crippen molar-refractivity contribution in [1.82, 2.24) is 15.5 Å². The molecular weight excluding hydrogens is 448 g/mol. The fourth-order valence-corrected chi connectivity index (χ4v) is 5.68. The second-order valence-electron chi connectivity index (χ2n) is 11.6. The van der Waals surface area contributed by atoms with Crippen LogP contribution in [-0.4, -0.2) is 46.1 Å². The van der Waals surface area contributed by atoms with Crippen molar-refractivity contribution in [2.45, 2.75) is 97.4 Å². The molecule has 0 spiro atoms. The molecule has 1 saturated heterocycles. The molecule has 36 heavy (non-hydrogen) atoms. The van der Waals surface area contributed by atoms with Crippen LogP contribution in [0.15, 0.2) is 42.5 Å². The molecule has 4 N–H and O–H groups in total. The van der Waals surface area contributed by atoms with E-state index in [9.17, 15) is 9.90 Å². The first kappa shape index (κ1) is 28.0. The molecule has 198 valence electrons. The number of amides is 1. The third kappa shape index (κ3) is 8.24.